The molecule has 0 spiro atoms. The fourth-order valence-electron chi connectivity index (χ4n) is 1.99. The number of halogens is 1. The molecular weight excluding hydrogens is 334 g/mol. The Morgan fingerprint density at radius 1 is 1.47 bits per heavy atom. The van der Waals surface area contributed by atoms with Crippen molar-refractivity contribution in [3.63, 3.8) is 0 Å². The summed E-state index contributed by atoms with van der Waals surface area (Å²) in [5.74, 6) is -0.380. The van der Waals surface area contributed by atoms with Crippen LogP contribution in [0.15, 0.2) is 27.6 Å². The fourth-order valence-corrected chi connectivity index (χ4v) is 4.01. The number of rotatable bonds is 4. The smallest absolute Gasteiger partial charge is 0.307 e. The Bertz CT molecular complexity index is 600. The standard InChI is InChI=1S/C12H14BrNO4S/c1-2-18-12(15)5-6-14-8-9-7-10(13)3-4-11(9)19(14,16)17/h3-4,7H,2,5-6,8H2,1H3. The van der Waals surface area contributed by atoms with Gasteiger partial charge in [-0.05, 0) is 30.7 Å². The molecule has 0 aromatic heterocycles. The number of hydrogen-bond donors (Lipinski definition) is 0. The third-order valence-corrected chi connectivity index (χ3v) is 5.30. The van der Waals surface area contributed by atoms with Gasteiger partial charge in [0.25, 0.3) is 0 Å². The summed E-state index contributed by atoms with van der Waals surface area (Å²) in [7, 11) is -3.47. The average molecular weight is 348 g/mol. The molecule has 104 valence electrons. The van der Waals surface area contributed by atoms with Crippen LogP contribution in [0, 0.1) is 0 Å². The van der Waals surface area contributed by atoms with Crippen LogP contribution in [-0.2, 0) is 26.1 Å². The summed E-state index contributed by atoms with van der Waals surface area (Å²) in [6.07, 6.45) is 0.0717. The molecule has 0 bridgehead atoms. The second-order valence-corrected chi connectivity index (χ2v) is 6.97. The molecular formula is C12H14BrNO4S. The van der Waals surface area contributed by atoms with Crippen molar-refractivity contribution in [2.75, 3.05) is 13.2 Å². The van der Waals surface area contributed by atoms with Crippen molar-refractivity contribution in [3.8, 4) is 0 Å². The van der Waals surface area contributed by atoms with E-state index in [1.807, 2.05) is 0 Å². The number of carbonyl (C=O) groups excluding carboxylic acids is 1. The monoisotopic (exact) mass is 347 g/mol. The van der Waals surface area contributed by atoms with Gasteiger partial charge in [-0.2, -0.15) is 4.31 Å². The lowest BCUT2D eigenvalue weighted by molar-refractivity contribution is -0.143. The van der Waals surface area contributed by atoms with Gasteiger partial charge in [-0.1, -0.05) is 15.9 Å². The molecule has 0 saturated heterocycles. The number of nitrogens with zero attached hydrogens (tertiary/aromatic N) is 1. The van der Waals surface area contributed by atoms with Crippen LogP contribution in [0.1, 0.15) is 18.9 Å². The summed E-state index contributed by atoms with van der Waals surface area (Å²) in [6.45, 7) is 2.47. The normalized spacial score (nSPS) is 17.2. The number of fused-ring (bicyclic) bond motifs is 1. The molecule has 0 aliphatic carbocycles. The zero-order chi connectivity index (χ0) is 14.0. The molecule has 1 aliphatic rings. The predicted molar refractivity (Wildman–Crippen MR) is 73.0 cm³/mol. The summed E-state index contributed by atoms with van der Waals surface area (Å²) in [5, 5.41) is 0. The third kappa shape index (κ3) is 2.98. The Balaban J connectivity index is 2.12. The Labute approximate surface area is 120 Å². The minimum absolute atomic E-state index is 0.0717. The molecule has 1 aliphatic heterocycles. The lowest BCUT2D eigenvalue weighted by atomic mass is 10.2. The van der Waals surface area contributed by atoms with Gasteiger partial charge in [0, 0.05) is 17.6 Å². The number of sulfonamides is 1. The lowest BCUT2D eigenvalue weighted by Crippen LogP contribution is -2.27. The predicted octanol–water partition coefficient (Wildman–Crippen LogP) is 1.91. The number of esters is 1. The highest BCUT2D eigenvalue weighted by Crippen LogP contribution is 2.32. The Kier molecular flexibility index (Phi) is 4.27. The minimum Gasteiger partial charge on any atom is -0.466 e. The van der Waals surface area contributed by atoms with Crippen molar-refractivity contribution in [1.82, 2.24) is 4.31 Å². The maximum atomic E-state index is 12.2. The van der Waals surface area contributed by atoms with E-state index in [2.05, 4.69) is 15.9 Å². The molecule has 2 rings (SSSR count). The highest BCUT2D eigenvalue weighted by Gasteiger charge is 2.34. The van der Waals surface area contributed by atoms with Crippen LogP contribution >= 0.6 is 15.9 Å². The SMILES string of the molecule is CCOC(=O)CCN1Cc2cc(Br)ccc2S1(=O)=O. The maximum absolute atomic E-state index is 12.2. The first-order chi connectivity index (χ1) is 8.95. The van der Waals surface area contributed by atoms with Crippen molar-refractivity contribution >= 4 is 31.9 Å². The van der Waals surface area contributed by atoms with Gasteiger partial charge in [0.15, 0.2) is 0 Å². The van der Waals surface area contributed by atoms with E-state index in [-0.39, 0.29) is 18.9 Å². The van der Waals surface area contributed by atoms with Crippen molar-refractivity contribution in [3.05, 3.63) is 28.2 Å². The zero-order valence-electron chi connectivity index (χ0n) is 10.4. The van der Waals surface area contributed by atoms with Gasteiger partial charge in [0.1, 0.15) is 0 Å². The van der Waals surface area contributed by atoms with E-state index in [0.29, 0.717) is 18.0 Å². The molecule has 7 heteroatoms. The second kappa shape index (κ2) is 5.60. The Morgan fingerprint density at radius 2 is 2.21 bits per heavy atom. The van der Waals surface area contributed by atoms with Crippen LogP contribution in [-0.4, -0.2) is 31.8 Å². The molecule has 0 atom stereocenters. The van der Waals surface area contributed by atoms with Crippen molar-refractivity contribution in [2.45, 2.75) is 24.8 Å². The van der Waals surface area contributed by atoms with E-state index in [1.54, 1.807) is 25.1 Å². The molecule has 0 saturated carbocycles. The van der Waals surface area contributed by atoms with Crippen LogP contribution in [0.3, 0.4) is 0 Å². The molecule has 0 amide bonds. The summed E-state index contributed by atoms with van der Waals surface area (Å²) in [5.41, 5.74) is 0.748. The quantitative estimate of drug-likeness (QED) is 0.780. The molecule has 0 fully saturated rings. The molecule has 5 nitrogen and oxygen atoms in total. The van der Waals surface area contributed by atoms with Crippen LogP contribution in [0.25, 0.3) is 0 Å². The largest absolute Gasteiger partial charge is 0.466 e. The molecule has 1 aromatic rings. The minimum atomic E-state index is -3.47. The van der Waals surface area contributed by atoms with Gasteiger partial charge < -0.3 is 4.74 Å². The topological polar surface area (TPSA) is 63.7 Å². The number of benzene rings is 1. The summed E-state index contributed by atoms with van der Waals surface area (Å²) < 4.78 is 31.4. The van der Waals surface area contributed by atoms with Crippen LogP contribution in [0.5, 0.6) is 0 Å². The van der Waals surface area contributed by atoms with Gasteiger partial charge in [-0.25, -0.2) is 8.42 Å². The lowest BCUT2D eigenvalue weighted by Gasteiger charge is -2.13. The summed E-state index contributed by atoms with van der Waals surface area (Å²) in [6, 6.07) is 5.07. The number of ether oxygens (including phenoxy) is 1. The van der Waals surface area contributed by atoms with Gasteiger partial charge in [0.05, 0.1) is 17.9 Å². The first-order valence-corrected chi connectivity index (χ1v) is 8.12. The van der Waals surface area contributed by atoms with E-state index >= 15 is 0 Å². The molecule has 1 heterocycles. The van der Waals surface area contributed by atoms with Gasteiger partial charge in [0.2, 0.25) is 10.0 Å². The van der Waals surface area contributed by atoms with Crippen LogP contribution < -0.4 is 0 Å². The molecule has 0 unspecified atom stereocenters. The first kappa shape index (κ1) is 14.5. The van der Waals surface area contributed by atoms with Gasteiger partial charge in [-0.15, -0.1) is 0 Å². The van der Waals surface area contributed by atoms with Crippen LogP contribution in [0.4, 0.5) is 0 Å². The van der Waals surface area contributed by atoms with Crippen molar-refractivity contribution in [2.24, 2.45) is 0 Å². The highest BCUT2D eigenvalue weighted by atomic mass is 79.9. The number of hydrogen-bond acceptors (Lipinski definition) is 4. The number of carbonyl (C=O) groups is 1. The van der Waals surface area contributed by atoms with E-state index in [9.17, 15) is 13.2 Å². The van der Waals surface area contributed by atoms with Gasteiger partial charge in [-0.3, -0.25) is 4.79 Å². The maximum Gasteiger partial charge on any atom is 0.307 e. The zero-order valence-corrected chi connectivity index (χ0v) is 12.8. The second-order valence-electron chi connectivity index (χ2n) is 4.15. The molecule has 19 heavy (non-hydrogen) atoms. The van der Waals surface area contributed by atoms with Gasteiger partial charge >= 0.3 is 5.97 Å². The first-order valence-electron chi connectivity index (χ1n) is 5.89. The van der Waals surface area contributed by atoms with Crippen molar-refractivity contribution < 1.29 is 17.9 Å². The average Bonchev–Trinajstić information content (AvgIpc) is 2.58. The van der Waals surface area contributed by atoms with E-state index < -0.39 is 10.0 Å². The van der Waals surface area contributed by atoms with Crippen LogP contribution in [0.2, 0.25) is 0 Å². The fraction of sp³-hybridized carbons (Fsp3) is 0.417. The highest BCUT2D eigenvalue weighted by molar-refractivity contribution is 9.10. The molecule has 0 N–H and O–H groups in total. The van der Waals surface area contributed by atoms with E-state index in [4.69, 9.17) is 4.74 Å². The van der Waals surface area contributed by atoms with E-state index in [0.717, 1.165) is 10.0 Å². The van der Waals surface area contributed by atoms with Crippen molar-refractivity contribution in [1.29, 1.82) is 0 Å². The third-order valence-electron chi connectivity index (χ3n) is 2.86. The Morgan fingerprint density at radius 3 is 2.89 bits per heavy atom. The molecule has 1 aromatic carbocycles. The molecule has 0 radical (unpaired) electrons. The summed E-state index contributed by atoms with van der Waals surface area (Å²) in [4.78, 5) is 11.6. The van der Waals surface area contributed by atoms with E-state index in [1.165, 1.54) is 4.31 Å². The Hall–Kier alpha value is -0.920. The summed E-state index contributed by atoms with van der Waals surface area (Å²) >= 11 is 3.32.